The van der Waals surface area contributed by atoms with Crippen LogP contribution in [0.25, 0.3) is 5.69 Å². The molecule has 2 aromatic rings. The molecule has 0 spiro atoms. The number of halogens is 2. The fraction of sp³-hybridized carbons (Fsp3) is 0.0833. The van der Waals surface area contributed by atoms with Crippen molar-refractivity contribution in [2.45, 2.75) is 6.92 Å². The number of anilines is 1. The lowest BCUT2D eigenvalue weighted by Gasteiger charge is -2.13. The van der Waals surface area contributed by atoms with Gasteiger partial charge in [0.05, 0.1) is 16.4 Å². The van der Waals surface area contributed by atoms with E-state index in [4.69, 9.17) is 28.9 Å². The van der Waals surface area contributed by atoms with Crippen LogP contribution in [0, 0.1) is 6.92 Å². The predicted molar refractivity (Wildman–Crippen MR) is 71.2 cm³/mol. The smallest absolute Gasteiger partial charge is 0.204 e. The second kappa shape index (κ2) is 4.43. The number of rotatable bonds is 1. The highest BCUT2D eigenvalue weighted by Gasteiger charge is 2.07. The van der Waals surface area contributed by atoms with Gasteiger partial charge < -0.3 is 10.3 Å². The zero-order chi connectivity index (χ0) is 12.6. The molecule has 1 aromatic carbocycles. The van der Waals surface area contributed by atoms with Gasteiger partial charge in [0, 0.05) is 23.0 Å². The van der Waals surface area contributed by atoms with E-state index in [-0.39, 0.29) is 11.1 Å². The fourth-order valence-electron chi connectivity index (χ4n) is 1.58. The van der Waals surface area contributed by atoms with Crippen LogP contribution in [0.3, 0.4) is 0 Å². The standard InChI is InChI=1S/C12H10Cl2N2O/c1-7-4-12(17)10(15)6-16(7)11-3-2-8(13)5-9(11)14/h2-6H,15H2,1H3. The molecule has 2 N–H and O–H groups in total. The Bertz CT molecular complexity index is 635. The van der Waals surface area contributed by atoms with E-state index in [1.165, 1.54) is 6.07 Å². The number of hydrogen-bond donors (Lipinski definition) is 1. The van der Waals surface area contributed by atoms with E-state index in [1.807, 2.05) is 6.92 Å². The molecule has 2 rings (SSSR count). The van der Waals surface area contributed by atoms with E-state index in [1.54, 1.807) is 29.0 Å². The van der Waals surface area contributed by atoms with E-state index in [0.717, 1.165) is 11.4 Å². The van der Waals surface area contributed by atoms with E-state index in [9.17, 15) is 4.79 Å². The fourth-order valence-corrected chi connectivity index (χ4v) is 2.08. The van der Waals surface area contributed by atoms with Gasteiger partial charge in [0.25, 0.3) is 0 Å². The van der Waals surface area contributed by atoms with Crippen LogP contribution in [0.2, 0.25) is 10.0 Å². The highest BCUT2D eigenvalue weighted by Crippen LogP contribution is 2.25. The summed E-state index contributed by atoms with van der Waals surface area (Å²) < 4.78 is 1.76. The lowest BCUT2D eigenvalue weighted by Crippen LogP contribution is -2.13. The molecular weight excluding hydrogens is 259 g/mol. The lowest BCUT2D eigenvalue weighted by molar-refractivity contribution is 0.977. The van der Waals surface area contributed by atoms with Crippen LogP contribution in [0.4, 0.5) is 5.69 Å². The minimum absolute atomic E-state index is 0.182. The van der Waals surface area contributed by atoms with Gasteiger partial charge in [-0.25, -0.2) is 0 Å². The van der Waals surface area contributed by atoms with Crippen molar-refractivity contribution in [2.75, 3.05) is 5.73 Å². The number of nitrogens with two attached hydrogens (primary N) is 1. The first-order valence-corrected chi connectivity index (χ1v) is 5.69. The highest BCUT2D eigenvalue weighted by atomic mass is 35.5. The Morgan fingerprint density at radius 2 is 1.94 bits per heavy atom. The number of aromatic nitrogens is 1. The van der Waals surface area contributed by atoms with Crippen LogP contribution in [0.15, 0.2) is 35.3 Å². The van der Waals surface area contributed by atoms with Gasteiger partial charge in [0.15, 0.2) is 0 Å². The molecule has 0 aliphatic carbocycles. The minimum atomic E-state index is -0.191. The summed E-state index contributed by atoms with van der Waals surface area (Å²) in [6.07, 6.45) is 1.56. The number of nitrogen functional groups attached to an aromatic ring is 1. The summed E-state index contributed by atoms with van der Waals surface area (Å²) in [5.41, 5.74) is 7.09. The Morgan fingerprint density at radius 1 is 1.24 bits per heavy atom. The molecule has 17 heavy (non-hydrogen) atoms. The largest absolute Gasteiger partial charge is 0.394 e. The van der Waals surface area contributed by atoms with Gasteiger partial charge in [-0.2, -0.15) is 0 Å². The minimum Gasteiger partial charge on any atom is -0.394 e. The van der Waals surface area contributed by atoms with Crippen molar-refractivity contribution < 1.29 is 0 Å². The molecule has 0 saturated carbocycles. The summed E-state index contributed by atoms with van der Waals surface area (Å²) in [6.45, 7) is 1.81. The van der Waals surface area contributed by atoms with Gasteiger partial charge in [-0.1, -0.05) is 23.2 Å². The molecule has 0 amide bonds. The van der Waals surface area contributed by atoms with E-state index < -0.39 is 0 Å². The van der Waals surface area contributed by atoms with Crippen molar-refractivity contribution in [3.05, 3.63) is 56.4 Å². The maximum atomic E-state index is 11.4. The third-order valence-corrected chi connectivity index (χ3v) is 2.98. The van der Waals surface area contributed by atoms with Gasteiger partial charge in [-0.15, -0.1) is 0 Å². The average Bonchev–Trinajstić information content (AvgIpc) is 2.24. The van der Waals surface area contributed by atoms with Crippen molar-refractivity contribution >= 4 is 28.9 Å². The summed E-state index contributed by atoms with van der Waals surface area (Å²) in [5.74, 6) is 0. The zero-order valence-corrected chi connectivity index (χ0v) is 10.6. The van der Waals surface area contributed by atoms with Crippen molar-refractivity contribution in [3.63, 3.8) is 0 Å². The molecule has 88 valence electrons. The molecule has 0 bridgehead atoms. The van der Waals surface area contributed by atoms with Crippen LogP contribution in [0.5, 0.6) is 0 Å². The number of hydrogen-bond acceptors (Lipinski definition) is 2. The van der Waals surface area contributed by atoms with Crippen molar-refractivity contribution in [1.29, 1.82) is 0 Å². The molecule has 0 atom stereocenters. The van der Waals surface area contributed by atoms with Gasteiger partial charge in [0.1, 0.15) is 0 Å². The number of benzene rings is 1. The predicted octanol–water partition coefficient (Wildman–Crippen LogP) is 3.03. The van der Waals surface area contributed by atoms with Crippen molar-refractivity contribution in [3.8, 4) is 5.69 Å². The molecule has 0 aliphatic heterocycles. The quantitative estimate of drug-likeness (QED) is 0.864. The van der Waals surface area contributed by atoms with E-state index in [2.05, 4.69) is 0 Å². The Morgan fingerprint density at radius 3 is 2.59 bits per heavy atom. The van der Waals surface area contributed by atoms with Crippen LogP contribution in [0.1, 0.15) is 5.69 Å². The Kier molecular flexibility index (Phi) is 3.13. The average molecular weight is 269 g/mol. The van der Waals surface area contributed by atoms with Gasteiger partial charge in [-0.3, -0.25) is 4.79 Å². The van der Waals surface area contributed by atoms with Crippen molar-refractivity contribution in [1.82, 2.24) is 4.57 Å². The normalized spacial score (nSPS) is 10.5. The molecule has 0 radical (unpaired) electrons. The molecule has 0 fully saturated rings. The van der Waals surface area contributed by atoms with E-state index in [0.29, 0.717) is 10.0 Å². The van der Waals surface area contributed by atoms with Crippen LogP contribution < -0.4 is 11.2 Å². The number of pyridine rings is 1. The maximum absolute atomic E-state index is 11.4. The number of nitrogens with zero attached hydrogens (tertiary/aromatic N) is 1. The summed E-state index contributed by atoms with van der Waals surface area (Å²) >= 11 is 11.9. The Labute approximate surface area is 108 Å². The van der Waals surface area contributed by atoms with Crippen LogP contribution in [-0.4, -0.2) is 4.57 Å². The molecule has 1 heterocycles. The van der Waals surface area contributed by atoms with Crippen LogP contribution >= 0.6 is 23.2 Å². The number of aryl methyl sites for hydroxylation is 1. The lowest BCUT2D eigenvalue weighted by atomic mass is 10.2. The maximum Gasteiger partial charge on any atom is 0.204 e. The summed E-state index contributed by atoms with van der Waals surface area (Å²) in [5, 5.41) is 1.06. The molecular formula is C12H10Cl2N2O. The molecule has 0 unspecified atom stereocenters. The molecule has 5 heteroatoms. The zero-order valence-electron chi connectivity index (χ0n) is 9.08. The van der Waals surface area contributed by atoms with Crippen molar-refractivity contribution in [2.24, 2.45) is 0 Å². The molecule has 0 aliphatic rings. The first-order valence-electron chi connectivity index (χ1n) is 4.93. The Balaban J connectivity index is 2.68. The third-order valence-electron chi connectivity index (χ3n) is 2.44. The Hall–Kier alpha value is -1.45. The monoisotopic (exact) mass is 268 g/mol. The topological polar surface area (TPSA) is 48.0 Å². The molecule has 3 nitrogen and oxygen atoms in total. The van der Waals surface area contributed by atoms with Gasteiger partial charge >= 0.3 is 0 Å². The highest BCUT2D eigenvalue weighted by molar-refractivity contribution is 6.35. The van der Waals surface area contributed by atoms with Crippen LogP contribution in [-0.2, 0) is 0 Å². The first-order chi connectivity index (χ1) is 7.99. The summed E-state index contributed by atoms with van der Waals surface area (Å²) in [7, 11) is 0. The molecule has 1 aromatic heterocycles. The molecule has 0 saturated heterocycles. The van der Waals surface area contributed by atoms with Gasteiger partial charge in [-0.05, 0) is 25.1 Å². The first kappa shape index (κ1) is 12.0. The summed E-state index contributed by atoms with van der Waals surface area (Å²) in [4.78, 5) is 11.4. The second-order valence-electron chi connectivity index (χ2n) is 3.70. The summed E-state index contributed by atoms with van der Waals surface area (Å²) in [6, 6.07) is 6.63. The third kappa shape index (κ3) is 2.30. The SMILES string of the molecule is Cc1cc(=O)c(N)cn1-c1ccc(Cl)cc1Cl. The van der Waals surface area contributed by atoms with E-state index >= 15 is 0 Å². The second-order valence-corrected chi connectivity index (χ2v) is 4.54. The van der Waals surface area contributed by atoms with Gasteiger partial charge in [0.2, 0.25) is 5.43 Å².